The molecule has 0 saturated carbocycles. The van der Waals surface area contributed by atoms with Crippen molar-refractivity contribution in [3.8, 4) is 0 Å². The Kier molecular flexibility index (Phi) is 5.30. The Morgan fingerprint density at radius 1 is 1.16 bits per heavy atom. The molecule has 0 saturated heterocycles. The Labute approximate surface area is 150 Å². The summed E-state index contributed by atoms with van der Waals surface area (Å²) in [6.45, 7) is 0. The van der Waals surface area contributed by atoms with Gasteiger partial charge in [0.05, 0.1) is 12.5 Å². The van der Waals surface area contributed by atoms with Gasteiger partial charge in [0.2, 0.25) is 5.91 Å². The highest BCUT2D eigenvalue weighted by Crippen LogP contribution is 2.25. The van der Waals surface area contributed by atoms with E-state index >= 15 is 0 Å². The van der Waals surface area contributed by atoms with Gasteiger partial charge >= 0.3 is 0 Å². The van der Waals surface area contributed by atoms with Crippen LogP contribution >= 0.6 is 11.3 Å². The van der Waals surface area contributed by atoms with E-state index in [-0.39, 0.29) is 17.9 Å². The summed E-state index contributed by atoms with van der Waals surface area (Å²) in [5.74, 6) is -0.279. The first-order valence-corrected chi connectivity index (χ1v) is 8.88. The smallest absolute Gasteiger partial charge is 0.251 e. The molecule has 0 aliphatic carbocycles. The second-order valence-corrected chi connectivity index (χ2v) is 6.39. The van der Waals surface area contributed by atoms with Crippen LogP contribution in [0.3, 0.4) is 0 Å². The van der Waals surface area contributed by atoms with Gasteiger partial charge in [-0.1, -0.05) is 6.07 Å². The molecule has 1 atom stereocenters. The Morgan fingerprint density at radius 3 is 2.64 bits per heavy atom. The summed E-state index contributed by atoms with van der Waals surface area (Å²) in [5, 5.41) is 9.53. The Bertz CT molecular complexity index is 807. The molecule has 0 bridgehead atoms. The van der Waals surface area contributed by atoms with Crippen LogP contribution in [0.2, 0.25) is 0 Å². The van der Waals surface area contributed by atoms with Crippen molar-refractivity contribution in [2.24, 2.45) is 0 Å². The van der Waals surface area contributed by atoms with Gasteiger partial charge in [0.15, 0.2) is 0 Å². The van der Waals surface area contributed by atoms with E-state index in [2.05, 4.69) is 16.0 Å². The van der Waals surface area contributed by atoms with Crippen LogP contribution in [0.25, 0.3) is 0 Å². The third-order valence-corrected chi connectivity index (χ3v) is 4.63. The first-order chi connectivity index (χ1) is 12.2. The molecule has 0 spiro atoms. The first kappa shape index (κ1) is 17.0. The lowest BCUT2D eigenvalue weighted by Crippen LogP contribution is -2.20. The molecule has 0 radical (unpaired) electrons. The van der Waals surface area contributed by atoms with Crippen LogP contribution in [0.5, 0.6) is 0 Å². The number of nitrogens with zero attached hydrogens (tertiary/aromatic N) is 1. The van der Waals surface area contributed by atoms with Crippen molar-refractivity contribution in [3.05, 3.63) is 76.7 Å². The van der Waals surface area contributed by atoms with Crippen LogP contribution in [-0.2, 0) is 4.79 Å². The lowest BCUT2D eigenvalue weighted by Gasteiger charge is -2.18. The molecule has 0 aliphatic rings. The molecule has 0 aliphatic heterocycles. The molecule has 2 aromatic heterocycles. The number of nitrogens with one attached hydrogen (secondary N) is 2. The van der Waals surface area contributed by atoms with E-state index in [1.165, 1.54) is 0 Å². The minimum absolute atomic E-state index is 0.0524. The fourth-order valence-electron chi connectivity index (χ4n) is 2.69. The minimum atomic E-state index is -0.181. The first-order valence-electron chi connectivity index (χ1n) is 7.94. The van der Waals surface area contributed by atoms with Gasteiger partial charge in [-0.2, -0.15) is 11.3 Å². The number of carbonyl (C=O) groups excluding carboxylic acids is 2. The maximum atomic E-state index is 12.5. The molecule has 25 heavy (non-hydrogen) atoms. The Balaban J connectivity index is 1.73. The van der Waals surface area contributed by atoms with Gasteiger partial charge in [-0.05, 0) is 52.7 Å². The highest BCUT2D eigenvalue weighted by atomic mass is 32.1. The summed E-state index contributed by atoms with van der Waals surface area (Å²) in [5.41, 5.74) is 2.23. The van der Waals surface area contributed by atoms with Crippen LogP contribution in [0.1, 0.15) is 28.4 Å². The molecule has 2 heterocycles. The van der Waals surface area contributed by atoms with E-state index in [4.69, 9.17) is 0 Å². The van der Waals surface area contributed by atoms with E-state index in [1.807, 2.05) is 40.5 Å². The molecule has 6 heteroatoms. The van der Waals surface area contributed by atoms with Gasteiger partial charge in [0, 0.05) is 30.7 Å². The molecule has 0 fully saturated rings. The predicted molar refractivity (Wildman–Crippen MR) is 100.0 cm³/mol. The van der Waals surface area contributed by atoms with E-state index in [0.29, 0.717) is 17.7 Å². The molecule has 3 aromatic rings. The number of benzene rings is 1. The zero-order valence-corrected chi connectivity index (χ0v) is 14.6. The number of hydrogen-bond acceptors (Lipinski definition) is 3. The zero-order chi connectivity index (χ0) is 17.6. The van der Waals surface area contributed by atoms with Crippen LogP contribution in [0.15, 0.2) is 65.6 Å². The summed E-state index contributed by atoms with van der Waals surface area (Å²) >= 11 is 1.61. The molecular formula is C19H19N3O2S. The minimum Gasteiger partial charge on any atom is -0.355 e. The lowest BCUT2D eigenvalue weighted by molar-refractivity contribution is -0.116. The molecule has 3 rings (SSSR count). The number of carbonyl (C=O) groups is 2. The third-order valence-electron chi connectivity index (χ3n) is 3.93. The quantitative estimate of drug-likeness (QED) is 0.712. The number of anilines is 1. The van der Waals surface area contributed by atoms with E-state index in [1.54, 1.807) is 42.6 Å². The number of amides is 2. The maximum absolute atomic E-state index is 12.5. The van der Waals surface area contributed by atoms with E-state index < -0.39 is 0 Å². The fraction of sp³-hybridized carbons (Fsp3) is 0.158. The van der Waals surface area contributed by atoms with Gasteiger partial charge in [-0.25, -0.2) is 0 Å². The molecule has 1 aromatic carbocycles. The summed E-state index contributed by atoms with van der Waals surface area (Å²) in [6.07, 6.45) is 4.24. The van der Waals surface area contributed by atoms with Crippen LogP contribution in [0, 0.1) is 0 Å². The molecule has 128 valence electrons. The molecule has 2 amide bonds. The van der Waals surface area contributed by atoms with Crippen molar-refractivity contribution in [2.75, 3.05) is 12.4 Å². The largest absolute Gasteiger partial charge is 0.355 e. The highest BCUT2D eigenvalue weighted by molar-refractivity contribution is 7.08. The van der Waals surface area contributed by atoms with Crippen molar-refractivity contribution in [1.82, 2.24) is 9.88 Å². The van der Waals surface area contributed by atoms with Crippen molar-refractivity contribution in [1.29, 1.82) is 0 Å². The van der Waals surface area contributed by atoms with Crippen LogP contribution < -0.4 is 10.6 Å². The predicted octanol–water partition coefficient (Wildman–Crippen LogP) is 3.53. The standard InChI is InChI=1S/C19H19N3O2S/c1-20-19(24)14-5-4-6-16(11-14)21-18(23)12-17(15-7-10-25-13-15)22-8-2-3-9-22/h2-11,13,17H,12H2,1H3,(H,20,24)(H,21,23)/t17-/m1/s1. The van der Waals surface area contributed by atoms with Crippen molar-refractivity contribution in [3.63, 3.8) is 0 Å². The topological polar surface area (TPSA) is 63.1 Å². The van der Waals surface area contributed by atoms with Gasteiger partial charge in [0.25, 0.3) is 5.91 Å². The third kappa shape index (κ3) is 4.16. The average molecular weight is 353 g/mol. The molecule has 0 unspecified atom stereocenters. The monoisotopic (exact) mass is 353 g/mol. The van der Waals surface area contributed by atoms with E-state index in [9.17, 15) is 9.59 Å². The SMILES string of the molecule is CNC(=O)c1cccc(NC(=O)C[C@H](c2ccsc2)n2cccc2)c1. The van der Waals surface area contributed by atoms with Crippen molar-refractivity contribution >= 4 is 28.8 Å². The normalized spacial score (nSPS) is 11.7. The summed E-state index contributed by atoms with van der Waals surface area (Å²) in [4.78, 5) is 24.3. The van der Waals surface area contributed by atoms with Crippen molar-refractivity contribution < 1.29 is 9.59 Å². The molecular weight excluding hydrogens is 334 g/mol. The number of thiophene rings is 1. The molecule has 5 nitrogen and oxygen atoms in total. The van der Waals surface area contributed by atoms with Gasteiger partial charge in [0.1, 0.15) is 0 Å². The summed E-state index contributed by atoms with van der Waals surface area (Å²) in [7, 11) is 1.58. The van der Waals surface area contributed by atoms with Gasteiger partial charge < -0.3 is 15.2 Å². The average Bonchev–Trinajstić information content (AvgIpc) is 3.33. The second kappa shape index (κ2) is 7.81. The highest BCUT2D eigenvalue weighted by Gasteiger charge is 2.18. The fourth-order valence-corrected chi connectivity index (χ4v) is 3.39. The summed E-state index contributed by atoms with van der Waals surface area (Å²) < 4.78 is 2.03. The van der Waals surface area contributed by atoms with Crippen LogP contribution in [-0.4, -0.2) is 23.4 Å². The number of hydrogen-bond donors (Lipinski definition) is 2. The Morgan fingerprint density at radius 2 is 1.96 bits per heavy atom. The van der Waals surface area contributed by atoms with Crippen LogP contribution in [0.4, 0.5) is 5.69 Å². The van der Waals surface area contributed by atoms with E-state index in [0.717, 1.165) is 5.56 Å². The molecule has 2 N–H and O–H groups in total. The summed E-state index contributed by atoms with van der Waals surface area (Å²) in [6, 6.07) is 12.8. The number of aromatic nitrogens is 1. The van der Waals surface area contributed by atoms with Gasteiger partial charge in [-0.15, -0.1) is 0 Å². The second-order valence-electron chi connectivity index (χ2n) is 5.61. The zero-order valence-electron chi connectivity index (χ0n) is 13.8. The van der Waals surface area contributed by atoms with Crippen molar-refractivity contribution in [2.45, 2.75) is 12.5 Å². The number of rotatable bonds is 6. The van der Waals surface area contributed by atoms with Gasteiger partial charge in [-0.3, -0.25) is 9.59 Å². The lowest BCUT2D eigenvalue weighted by atomic mass is 10.1. The maximum Gasteiger partial charge on any atom is 0.251 e. The Hall–Kier alpha value is -2.86.